The third-order valence-corrected chi connectivity index (χ3v) is 4.27. The molecule has 19 heavy (non-hydrogen) atoms. The maximum Gasteiger partial charge on any atom is 0.0762 e. The molecule has 0 aliphatic heterocycles. The van der Waals surface area contributed by atoms with Gasteiger partial charge in [0.1, 0.15) is 0 Å². The molecule has 2 atom stereocenters. The number of hydrogen-bond acceptors (Lipinski definition) is 3. The van der Waals surface area contributed by atoms with Crippen LogP contribution >= 0.6 is 0 Å². The van der Waals surface area contributed by atoms with Crippen LogP contribution in [-0.4, -0.2) is 40.4 Å². The van der Waals surface area contributed by atoms with Crippen molar-refractivity contribution >= 4 is 0 Å². The van der Waals surface area contributed by atoms with Gasteiger partial charge in [-0.3, -0.25) is 9.58 Å². The Labute approximate surface area is 117 Å². The summed E-state index contributed by atoms with van der Waals surface area (Å²) in [6.07, 6.45) is 5.96. The van der Waals surface area contributed by atoms with Crippen molar-refractivity contribution in [3.05, 3.63) is 18.0 Å². The van der Waals surface area contributed by atoms with E-state index in [9.17, 15) is 0 Å². The Bertz CT molecular complexity index is 383. The van der Waals surface area contributed by atoms with E-state index < -0.39 is 0 Å². The topological polar surface area (TPSA) is 33.1 Å². The van der Waals surface area contributed by atoms with Crippen LogP contribution < -0.4 is 5.32 Å². The zero-order valence-corrected chi connectivity index (χ0v) is 12.8. The molecule has 4 nitrogen and oxygen atoms in total. The zero-order valence-electron chi connectivity index (χ0n) is 12.8. The van der Waals surface area contributed by atoms with Gasteiger partial charge in [0.25, 0.3) is 0 Å². The second kappa shape index (κ2) is 6.53. The SMILES string of the molecule is CCC(C)n1ccc(CNCC(C)N(C)C2CC2)n1. The van der Waals surface area contributed by atoms with Crippen molar-refractivity contribution in [1.82, 2.24) is 20.0 Å². The molecular formula is C15H28N4. The highest BCUT2D eigenvalue weighted by Crippen LogP contribution is 2.26. The molecule has 1 aliphatic carbocycles. The van der Waals surface area contributed by atoms with E-state index >= 15 is 0 Å². The molecule has 1 aromatic rings. The van der Waals surface area contributed by atoms with Crippen molar-refractivity contribution in [2.75, 3.05) is 13.6 Å². The van der Waals surface area contributed by atoms with E-state index in [0.29, 0.717) is 12.1 Å². The molecule has 1 aliphatic rings. The average Bonchev–Trinajstić information content (AvgIpc) is 3.16. The monoisotopic (exact) mass is 264 g/mol. The van der Waals surface area contributed by atoms with Crippen LogP contribution in [0, 0.1) is 0 Å². The van der Waals surface area contributed by atoms with Crippen molar-refractivity contribution < 1.29 is 0 Å². The fourth-order valence-electron chi connectivity index (χ4n) is 2.30. The van der Waals surface area contributed by atoms with Gasteiger partial charge in [0, 0.05) is 37.4 Å². The first-order valence-electron chi connectivity index (χ1n) is 7.58. The number of hydrogen-bond donors (Lipinski definition) is 1. The van der Waals surface area contributed by atoms with Gasteiger partial charge in [-0.05, 0) is 46.2 Å². The van der Waals surface area contributed by atoms with Crippen LogP contribution in [0.4, 0.5) is 0 Å². The molecule has 0 saturated heterocycles. The second-order valence-corrected chi connectivity index (χ2v) is 5.92. The van der Waals surface area contributed by atoms with E-state index in [1.54, 1.807) is 0 Å². The third kappa shape index (κ3) is 4.05. The molecule has 1 heterocycles. The molecule has 0 amide bonds. The van der Waals surface area contributed by atoms with Gasteiger partial charge in [0.05, 0.1) is 5.69 Å². The van der Waals surface area contributed by atoms with E-state index in [2.05, 4.69) is 60.1 Å². The Morgan fingerprint density at radius 1 is 1.47 bits per heavy atom. The lowest BCUT2D eigenvalue weighted by Crippen LogP contribution is -2.39. The van der Waals surface area contributed by atoms with Crippen LogP contribution in [0.1, 0.15) is 51.8 Å². The highest BCUT2D eigenvalue weighted by molar-refractivity contribution is 4.99. The van der Waals surface area contributed by atoms with Crippen LogP contribution in [0.25, 0.3) is 0 Å². The predicted molar refractivity (Wildman–Crippen MR) is 79.2 cm³/mol. The summed E-state index contributed by atoms with van der Waals surface area (Å²) in [6.45, 7) is 8.59. The summed E-state index contributed by atoms with van der Waals surface area (Å²) in [5, 5.41) is 8.13. The maximum absolute atomic E-state index is 4.61. The molecule has 0 spiro atoms. The van der Waals surface area contributed by atoms with E-state index in [-0.39, 0.29) is 0 Å². The Balaban J connectivity index is 1.71. The lowest BCUT2D eigenvalue weighted by molar-refractivity contribution is 0.240. The molecule has 2 unspecified atom stereocenters. The number of rotatable bonds is 8. The van der Waals surface area contributed by atoms with E-state index in [0.717, 1.165) is 31.2 Å². The van der Waals surface area contributed by atoms with Crippen molar-refractivity contribution in [2.24, 2.45) is 0 Å². The molecule has 2 rings (SSSR count). The average molecular weight is 264 g/mol. The number of aromatic nitrogens is 2. The number of likely N-dealkylation sites (N-methyl/N-ethyl adjacent to an activating group) is 1. The Morgan fingerprint density at radius 3 is 2.84 bits per heavy atom. The highest BCUT2D eigenvalue weighted by atomic mass is 15.3. The lowest BCUT2D eigenvalue weighted by atomic mass is 10.3. The Hall–Kier alpha value is -0.870. The Kier molecular flexibility index (Phi) is 4.99. The van der Waals surface area contributed by atoms with Gasteiger partial charge >= 0.3 is 0 Å². The quantitative estimate of drug-likeness (QED) is 0.783. The number of nitrogens with zero attached hydrogens (tertiary/aromatic N) is 3. The van der Waals surface area contributed by atoms with Crippen LogP contribution in [0.15, 0.2) is 12.3 Å². The van der Waals surface area contributed by atoms with Gasteiger partial charge in [-0.15, -0.1) is 0 Å². The van der Waals surface area contributed by atoms with Crippen LogP contribution in [0.2, 0.25) is 0 Å². The van der Waals surface area contributed by atoms with Gasteiger partial charge in [-0.25, -0.2) is 0 Å². The van der Waals surface area contributed by atoms with Gasteiger partial charge in [0.2, 0.25) is 0 Å². The fraction of sp³-hybridized carbons (Fsp3) is 0.800. The predicted octanol–water partition coefficient (Wildman–Crippen LogP) is 2.43. The molecule has 0 aromatic carbocycles. The summed E-state index contributed by atoms with van der Waals surface area (Å²) < 4.78 is 2.07. The van der Waals surface area contributed by atoms with Crippen molar-refractivity contribution in [3.8, 4) is 0 Å². The molecule has 0 radical (unpaired) electrons. The van der Waals surface area contributed by atoms with Crippen molar-refractivity contribution in [3.63, 3.8) is 0 Å². The van der Waals surface area contributed by atoms with Gasteiger partial charge < -0.3 is 5.32 Å². The first-order valence-corrected chi connectivity index (χ1v) is 7.58. The molecule has 1 fully saturated rings. The lowest BCUT2D eigenvalue weighted by Gasteiger charge is -2.24. The minimum absolute atomic E-state index is 0.494. The summed E-state index contributed by atoms with van der Waals surface area (Å²) in [6, 6.07) is 4.05. The van der Waals surface area contributed by atoms with E-state index in [1.165, 1.54) is 12.8 Å². The molecular weight excluding hydrogens is 236 g/mol. The van der Waals surface area contributed by atoms with E-state index in [1.807, 2.05) is 0 Å². The molecule has 4 heteroatoms. The number of nitrogens with one attached hydrogen (secondary N) is 1. The van der Waals surface area contributed by atoms with Crippen molar-refractivity contribution in [1.29, 1.82) is 0 Å². The first kappa shape index (κ1) is 14.5. The van der Waals surface area contributed by atoms with Crippen LogP contribution in [0.3, 0.4) is 0 Å². The zero-order chi connectivity index (χ0) is 13.8. The maximum atomic E-state index is 4.61. The third-order valence-electron chi connectivity index (χ3n) is 4.27. The summed E-state index contributed by atoms with van der Waals surface area (Å²) in [5.41, 5.74) is 1.14. The first-order chi connectivity index (χ1) is 9.11. The fourth-order valence-corrected chi connectivity index (χ4v) is 2.30. The largest absolute Gasteiger partial charge is 0.310 e. The molecule has 108 valence electrons. The van der Waals surface area contributed by atoms with Gasteiger partial charge in [0.15, 0.2) is 0 Å². The summed E-state index contributed by atoms with van der Waals surface area (Å²) in [5.74, 6) is 0. The van der Waals surface area contributed by atoms with Gasteiger partial charge in [-0.2, -0.15) is 5.10 Å². The normalized spacial score (nSPS) is 18.8. The molecule has 1 aromatic heterocycles. The molecule has 0 bridgehead atoms. The standard InChI is InChI=1S/C15H28N4/c1-5-12(2)19-9-8-14(17-19)11-16-10-13(3)18(4)15-6-7-15/h8-9,12-13,15-16H,5-7,10-11H2,1-4H3. The minimum Gasteiger partial charge on any atom is -0.310 e. The molecule has 1 saturated carbocycles. The molecule has 1 N–H and O–H groups in total. The smallest absolute Gasteiger partial charge is 0.0762 e. The van der Waals surface area contributed by atoms with Crippen LogP contribution in [0.5, 0.6) is 0 Å². The highest BCUT2D eigenvalue weighted by Gasteiger charge is 2.28. The summed E-state index contributed by atoms with van der Waals surface area (Å²) in [4.78, 5) is 2.49. The summed E-state index contributed by atoms with van der Waals surface area (Å²) >= 11 is 0. The van der Waals surface area contributed by atoms with Crippen molar-refractivity contribution in [2.45, 2.75) is 64.7 Å². The Morgan fingerprint density at radius 2 is 2.21 bits per heavy atom. The minimum atomic E-state index is 0.494. The van der Waals surface area contributed by atoms with Gasteiger partial charge in [-0.1, -0.05) is 6.92 Å². The second-order valence-electron chi connectivity index (χ2n) is 5.92. The van der Waals surface area contributed by atoms with E-state index in [4.69, 9.17) is 0 Å². The van der Waals surface area contributed by atoms with Crippen LogP contribution in [-0.2, 0) is 6.54 Å². The summed E-state index contributed by atoms with van der Waals surface area (Å²) in [7, 11) is 2.24.